The Kier molecular flexibility index (Phi) is 5.26. The van der Waals surface area contributed by atoms with Crippen LogP contribution >= 0.6 is 23.1 Å². The van der Waals surface area contributed by atoms with Gasteiger partial charge in [0.2, 0.25) is 0 Å². The Morgan fingerprint density at radius 3 is 2.67 bits per heavy atom. The summed E-state index contributed by atoms with van der Waals surface area (Å²) in [5.41, 5.74) is 3.68. The number of hydrogen-bond acceptors (Lipinski definition) is 5. The summed E-state index contributed by atoms with van der Waals surface area (Å²) >= 11 is 2.17. The monoisotopic (exact) mass is 333 g/mol. The Morgan fingerprint density at radius 2 is 2.10 bits per heavy atom. The van der Waals surface area contributed by atoms with Gasteiger partial charge in [-0.2, -0.15) is 13.2 Å². The van der Waals surface area contributed by atoms with E-state index in [1.807, 2.05) is 31.2 Å². The lowest BCUT2D eigenvalue weighted by atomic mass is 10.2. The largest absolute Gasteiger partial charge is 0.443 e. The summed E-state index contributed by atoms with van der Waals surface area (Å²) in [5, 5.41) is -0.848. The fourth-order valence-corrected chi connectivity index (χ4v) is 3.72. The van der Waals surface area contributed by atoms with Crippen molar-refractivity contribution < 1.29 is 13.2 Å². The fraction of sp³-hybridized carbons (Fsp3) is 0.308. The van der Waals surface area contributed by atoms with Crippen LogP contribution < -0.4 is 11.3 Å². The average Bonchev–Trinajstić information content (AvgIpc) is 2.91. The maximum absolute atomic E-state index is 12.6. The van der Waals surface area contributed by atoms with Gasteiger partial charge in [0.05, 0.1) is 6.04 Å². The first-order chi connectivity index (χ1) is 9.91. The minimum absolute atomic E-state index is 0.372. The minimum atomic E-state index is -4.41. The van der Waals surface area contributed by atoms with Crippen LogP contribution in [0, 0.1) is 6.92 Å². The third-order valence-electron chi connectivity index (χ3n) is 2.81. The molecule has 8 heteroatoms. The smallest absolute Gasteiger partial charge is 0.271 e. The van der Waals surface area contributed by atoms with Gasteiger partial charge >= 0.3 is 6.18 Å². The predicted molar refractivity (Wildman–Crippen MR) is 79.1 cm³/mol. The van der Waals surface area contributed by atoms with Gasteiger partial charge in [0, 0.05) is 21.7 Å². The molecule has 0 aliphatic rings. The average molecular weight is 333 g/mol. The zero-order valence-corrected chi connectivity index (χ0v) is 12.8. The lowest BCUT2D eigenvalue weighted by Crippen LogP contribution is -2.29. The molecule has 2 rings (SSSR count). The molecule has 2 aromatic rings. The van der Waals surface area contributed by atoms with E-state index in [1.54, 1.807) is 11.8 Å². The predicted octanol–water partition coefficient (Wildman–Crippen LogP) is 3.77. The van der Waals surface area contributed by atoms with E-state index in [0.717, 1.165) is 10.5 Å². The van der Waals surface area contributed by atoms with Crippen molar-refractivity contribution in [3.63, 3.8) is 0 Å². The number of alkyl halides is 3. The summed E-state index contributed by atoms with van der Waals surface area (Å²) in [6, 6.07) is 7.46. The molecule has 1 aromatic carbocycles. The molecule has 1 atom stereocenters. The molecule has 21 heavy (non-hydrogen) atoms. The third kappa shape index (κ3) is 4.19. The van der Waals surface area contributed by atoms with Crippen LogP contribution in [-0.4, -0.2) is 10.7 Å². The fourth-order valence-electron chi connectivity index (χ4n) is 1.68. The third-order valence-corrected chi connectivity index (χ3v) is 5.23. The molecule has 1 aromatic heterocycles. The van der Waals surface area contributed by atoms with Crippen LogP contribution in [0.15, 0.2) is 35.4 Å². The molecule has 0 radical (unpaired) electrons. The zero-order valence-electron chi connectivity index (χ0n) is 11.1. The van der Waals surface area contributed by atoms with Gasteiger partial charge in [0.15, 0.2) is 5.01 Å². The number of aromatic nitrogens is 1. The Hall–Kier alpha value is -1.09. The first-order valence-corrected chi connectivity index (χ1v) is 7.89. The van der Waals surface area contributed by atoms with Crippen molar-refractivity contribution >= 4 is 23.1 Å². The number of nitrogens with one attached hydrogen (secondary N) is 1. The van der Waals surface area contributed by atoms with Gasteiger partial charge < -0.3 is 0 Å². The van der Waals surface area contributed by atoms with Crippen molar-refractivity contribution in [1.82, 2.24) is 10.4 Å². The first-order valence-electron chi connectivity index (χ1n) is 6.09. The number of halogens is 3. The second-order valence-electron chi connectivity index (χ2n) is 4.36. The summed E-state index contributed by atoms with van der Waals surface area (Å²) in [7, 11) is 0. The molecule has 0 bridgehead atoms. The molecule has 114 valence electrons. The molecule has 0 saturated carbocycles. The van der Waals surface area contributed by atoms with E-state index in [-0.39, 0.29) is 6.04 Å². The summed E-state index contributed by atoms with van der Waals surface area (Å²) in [4.78, 5) is 4.98. The topological polar surface area (TPSA) is 50.9 Å². The van der Waals surface area contributed by atoms with Gasteiger partial charge in [-0.15, -0.1) is 23.1 Å². The first kappa shape index (κ1) is 16.3. The van der Waals surface area contributed by atoms with Crippen LogP contribution in [0.25, 0.3) is 0 Å². The van der Waals surface area contributed by atoms with E-state index >= 15 is 0 Å². The molecular weight excluding hydrogens is 319 g/mol. The van der Waals surface area contributed by atoms with Gasteiger partial charge in [-0.05, 0) is 18.6 Å². The maximum Gasteiger partial charge on any atom is 0.443 e. The SMILES string of the molecule is Cc1ccccc1SCC(NN)c1cnc(C(F)(F)F)s1. The van der Waals surface area contributed by atoms with Crippen molar-refractivity contribution in [2.45, 2.75) is 24.0 Å². The number of thiazole rings is 1. The van der Waals surface area contributed by atoms with Crippen LogP contribution in [0.2, 0.25) is 0 Å². The summed E-state index contributed by atoms with van der Waals surface area (Å²) in [6.07, 6.45) is -3.18. The number of nitrogens with two attached hydrogens (primary N) is 1. The Bertz CT molecular complexity index is 598. The Balaban J connectivity index is 2.07. The quantitative estimate of drug-likeness (QED) is 0.497. The van der Waals surface area contributed by atoms with Crippen LogP contribution in [0.3, 0.4) is 0 Å². The van der Waals surface area contributed by atoms with Gasteiger partial charge in [-0.25, -0.2) is 4.98 Å². The molecular formula is C13H14F3N3S2. The van der Waals surface area contributed by atoms with Gasteiger partial charge in [0.1, 0.15) is 0 Å². The summed E-state index contributed by atoms with van der Waals surface area (Å²) in [5.74, 6) is 5.99. The number of rotatable bonds is 5. The molecule has 1 unspecified atom stereocenters. The van der Waals surface area contributed by atoms with Crippen LogP contribution in [-0.2, 0) is 6.18 Å². The lowest BCUT2D eigenvalue weighted by Gasteiger charge is -2.14. The minimum Gasteiger partial charge on any atom is -0.271 e. The molecule has 1 heterocycles. The van der Waals surface area contributed by atoms with E-state index in [0.29, 0.717) is 22.0 Å². The molecule has 0 fully saturated rings. The highest BCUT2D eigenvalue weighted by Gasteiger charge is 2.35. The van der Waals surface area contributed by atoms with Crippen LogP contribution in [0.4, 0.5) is 13.2 Å². The molecule has 3 N–H and O–H groups in total. The summed E-state index contributed by atoms with van der Waals surface area (Å²) in [6.45, 7) is 1.99. The summed E-state index contributed by atoms with van der Waals surface area (Å²) < 4.78 is 37.7. The second kappa shape index (κ2) is 6.78. The highest BCUT2D eigenvalue weighted by Crippen LogP contribution is 2.35. The number of aryl methyl sites for hydroxylation is 1. The van der Waals surface area contributed by atoms with Crippen molar-refractivity contribution in [3.05, 3.63) is 45.9 Å². The van der Waals surface area contributed by atoms with Crippen molar-refractivity contribution in [3.8, 4) is 0 Å². The van der Waals surface area contributed by atoms with Gasteiger partial charge in [0.25, 0.3) is 0 Å². The number of hydrogen-bond donors (Lipinski definition) is 2. The Morgan fingerprint density at radius 1 is 1.38 bits per heavy atom. The lowest BCUT2D eigenvalue weighted by molar-refractivity contribution is -0.137. The van der Waals surface area contributed by atoms with E-state index < -0.39 is 11.2 Å². The molecule has 0 saturated heterocycles. The Labute approximate surface area is 128 Å². The van der Waals surface area contributed by atoms with Crippen LogP contribution in [0.5, 0.6) is 0 Å². The normalized spacial score (nSPS) is 13.4. The van der Waals surface area contributed by atoms with E-state index in [1.165, 1.54) is 6.20 Å². The van der Waals surface area contributed by atoms with Crippen molar-refractivity contribution in [2.75, 3.05) is 5.75 Å². The van der Waals surface area contributed by atoms with E-state index in [2.05, 4.69) is 10.4 Å². The maximum atomic E-state index is 12.6. The zero-order chi connectivity index (χ0) is 15.5. The van der Waals surface area contributed by atoms with Gasteiger partial charge in [-0.3, -0.25) is 11.3 Å². The van der Waals surface area contributed by atoms with Crippen LogP contribution in [0.1, 0.15) is 21.5 Å². The number of thioether (sulfide) groups is 1. The molecule has 0 amide bonds. The molecule has 0 aliphatic heterocycles. The molecule has 0 spiro atoms. The number of benzene rings is 1. The number of nitrogens with zero attached hydrogens (tertiary/aromatic N) is 1. The van der Waals surface area contributed by atoms with Gasteiger partial charge in [-0.1, -0.05) is 18.2 Å². The van der Waals surface area contributed by atoms with E-state index in [9.17, 15) is 13.2 Å². The van der Waals surface area contributed by atoms with E-state index in [4.69, 9.17) is 5.84 Å². The second-order valence-corrected chi connectivity index (χ2v) is 6.49. The van der Waals surface area contributed by atoms with Crippen molar-refractivity contribution in [1.29, 1.82) is 0 Å². The molecule has 3 nitrogen and oxygen atoms in total. The highest BCUT2D eigenvalue weighted by molar-refractivity contribution is 7.99. The standard InChI is InChI=1S/C13H14F3N3S2/c1-8-4-2-3-5-10(8)20-7-9(19-17)11-6-18-12(21-11)13(14,15)16/h2-6,9,19H,7,17H2,1H3. The highest BCUT2D eigenvalue weighted by atomic mass is 32.2. The number of hydrazine groups is 1. The van der Waals surface area contributed by atoms with Crippen molar-refractivity contribution in [2.24, 2.45) is 5.84 Å². The molecule has 0 aliphatic carbocycles.